The average Bonchev–Trinajstić information content (AvgIpc) is 2.14. The van der Waals surface area contributed by atoms with Gasteiger partial charge in [-0.3, -0.25) is 0 Å². The number of benzene rings is 1. The lowest BCUT2D eigenvalue weighted by atomic mass is 10.2. The van der Waals surface area contributed by atoms with E-state index in [1.165, 1.54) is 12.1 Å². The van der Waals surface area contributed by atoms with Gasteiger partial charge < -0.3 is 0 Å². The predicted molar refractivity (Wildman–Crippen MR) is 64.8 cm³/mol. The van der Waals surface area contributed by atoms with Crippen molar-refractivity contribution in [2.24, 2.45) is 0 Å². The maximum atomic E-state index is 11.9. The summed E-state index contributed by atoms with van der Waals surface area (Å²) in [5, 5.41) is 8.70. The zero-order valence-electron chi connectivity index (χ0n) is 9.48. The number of nitrogens with one attached hydrogen (secondary N) is 1. The highest BCUT2D eigenvalue weighted by molar-refractivity contribution is 7.91. The van der Waals surface area contributed by atoms with Crippen LogP contribution >= 0.6 is 0 Å². The molecule has 86 valence electrons. The fourth-order valence-corrected chi connectivity index (χ4v) is 5.43. The first-order valence-electron chi connectivity index (χ1n) is 4.79. The van der Waals surface area contributed by atoms with Crippen LogP contribution in [-0.4, -0.2) is 16.7 Å². The first kappa shape index (κ1) is 12.9. The Hall–Kier alpha value is -1.16. The van der Waals surface area contributed by atoms with Crippen molar-refractivity contribution in [1.82, 2.24) is 4.39 Å². The zero-order chi connectivity index (χ0) is 12.4. The second-order valence-corrected chi connectivity index (χ2v) is 11.3. The van der Waals surface area contributed by atoms with Crippen LogP contribution in [-0.2, 0) is 10.0 Å². The van der Waals surface area contributed by atoms with Gasteiger partial charge in [-0.05, 0) is 18.2 Å². The highest BCUT2D eigenvalue weighted by Gasteiger charge is 2.23. The molecule has 0 aromatic heterocycles. The van der Waals surface area contributed by atoms with Gasteiger partial charge in [0.25, 0.3) is 0 Å². The van der Waals surface area contributed by atoms with Crippen LogP contribution < -0.4 is 4.39 Å². The first-order valence-corrected chi connectivity index (χ1v) is 9.77. The number of rotatable bonds is 3. The van der Waals surface area contributed by atoms with Gasteiger partial charge in [0, 0.05) is 0 Å². The number of hydrogen-bond donors (Lipinski definition) is 1. The molecule has 0 fully saturated rings. The maximum Gasteiger partial charge on any atom is 0.234 e. The minimum absolute atomic E-state index is 0.147. The molecule has 1 aromatic carbocycles. The van der Waals surface area contributed by atoms with Crippen molar-refractivity contribution in [1.29, 1.82) is 5.26 Å². The summed E-state index contributed by atoms with van der Waals surface area (Å²) in [5.41, 5.74) is 0.346. The van der Waals surface area contributed by atoms with Crippen LogP contribution in [0.15, 0.2) is 29.2 Å². The van der Waals surface area contributed by atoms with E-state index < -0.39 is 18.3 Å². The van der Waals surface area contributed by atoms with Gasteiger partial charge in [-0.25, -0.2) is 12.8 Å². The van der Waals surface area contributed by atoms with Crippen LogP contribution in [0.2, 0.25) is 19.6 Å². The van der Waals surface area contributed by atoms with E-state index in [0.717, 1.165) is 0 Å². The summed E-state index contributed by atoms with van der Waals surface area (Å²) in [6.45, 7) is 5.70. The Morgan fingerprint density at radius 2 is 1.94 bits per heavy atom. The Bertz CT molecular complexity index is 526. The van der Waals surface area contributed by atoms with Crippen LogP contribution in [0.5, 0.6) is 0 Å². The first-order chi connectivity index (χ1) is 7.24. The van der Waals surface area contributed by atoms with Crippen molar-refractivity contribution in [2.75, 3.05) is 0 Å². The zero-order valence-corrected chi connectivity index (χ0v) is 11.3. The van der Waals surface area contributed by atoms with Gasteiger partial charge in [0.15, 0.2) is 0 Å². The van der Waals surface area contributed by atoms with E-state index in [-0.39, 0.29) is 4.90 Å². The van der Waals surface area contributed by atoms with Crippen molar-refractivity contribution in [3.05, 3.63) is 29.8 Å². The normalized spacial score (nSPS) is 12.1. The third kappa shape index (κ3) is 3.45. The molecule has 16 heavy (non-hydrogen) atoms. The van der Waals surface area contributed by atoms with Gasteiger partial charge >= 0.3 is 0 Å². The fourth-order valence-electron chi connectivity index (χ4n) is 1.19. The summed E-state index contributed by atoms with van der Waals surface area (Å²) >= 11 is 0. The van der Waals surface area contributed by atoms with E-state index in [1.54, 1.807) is 12.1 Å². The Kier molecular flexibility index (Phi) is 3.53. The van der Waals surface area contributed by atoms with Gasteiger partial charge in [-0.1, -0.05) is 25.7 Å². The van der Waals surface area contributed by atoms with Crippen LogP contribution in [0, 0.1) is 11.3 Å². The summed E-state index contributed by atoms with van der Waals surface area (Å²) in [5.74, 6) is 0. The molecule has 0 aliphatic heterocycles. The van der Waals surface area contributed by atoms with E-state index >= 15 is 0 Å². The van der Waals surface area contributed by atoms with Gasteiger partial charge in [-0.2, -0.15) is 5.26 Å². The molecule has 1 aromatic rings. The molecule has 0 heterocycles. The lowest BCUT2D eigenvalue weighted by Crippen LogP contribution is -2.45. The molecule has 0 amide bonds. The van der Waals surface area contributed by atoms with E-state index in [9.17, 15) is 8.42 Å². The van der Waals surface area contributed by atoms with Crippen molar-refractivity contribution in [3.63, 3.8) is 0 Å². The van der Waals surface area contributed by atoms with Crippen LogP contribution in [0.3, 0.4) is 0 Å². The van der Waals surface area contributed by atoms with E-state index in [2.05, 4.69) is 4.39 Å². The maximum absolute atomic E-state index is 11.9. The summed E-state index contributed by atoms with van der Waals surface area (Å²) in [7, 11) is -5.41. The molecule has 1 rings (SSSR count). The molecular formula is C10H14N2O2SSi. The van der Waals surface area contributed by atoms with Crippen molar-refractivity contribution in [2.45, 2.75) is 24.5 Å². The molecule has 6 heteroatoms. The molecule has 1 N–H and O–H groups in total. The largest absolute Gasteiger partial charge is 0.234 e. The average molecular weight is 254 g/mol. The second kappa shape index (κ2) is 4.37. The highest BCUT2D eigenvalue weighted by Crippen LogP contribution is 2.12. The van der Waals surface area contributed by atoms with Gasteiger partial charge in [-0.15, -0.1) is 0 Å². The summed E-state index contributed by atoms with van der Waals surface area (Å²) in [6, 6.07) is 7.93. The number of nitriles is 1. The summed E-state index contributed by atoms with van der Waals surface area (Å²) < 4.78 is 26.5. The SMILES string of the molecule is C[Si](C)(C)NS(=O)(=O)c1cccc(C#N)c1. The van der Waals surface area contributed by atoms with Gasteiger partial charge in [0.05, 0.1) is 16.5 Å². The van der Waals surface area contributed by atoms with Gasteiger partial charge in [0.2, 0.25) is 10.0 Å². The number of nitrogens with zero attached hydrogens (tertiary/aromatic N) is 1. The Labute approximate surface area is 97.1 Å². The Balaban J connectivity index is 3.14. The number of sulfonamides is 1. The molecule has 0 spiro atoms. The molecule has 4 nitrogen and oxygen atoms in total. The summed E-state index contributed by atoms with van der Waals surface area (Å²) in [4.78, 5) is 0.147. The molecule has 0 aliphatic rings. The smallest absolute Gasteiger partial charge is 0.234 e. The molecule has 0 atom stereocenters. The molecule has 0 unspecified atom stereocenters. The second-order valence-electron chi connectivity index (χ2n) is 4.50. The third-order valence-corrected chi connectivity index (χ3v) is 6.11. The molecule has 0 radical (unpaired) electrons. The van der Waals surface area contributed by atoms with Crippen LogP contribution in [0.1, 0.15) is 5.56 Å². The van der Waals surface area contributed by atoms with Crippen LogP contribution in [0.25, 0.3) is 0 Å². The molecular weight excluding hydrogens is 240 g/mol. The molecule has 0 saturated carbocycles. The fraction of sp³-hybridized carbons (Fsp3) is 0.300. The molecule has 0 saturated heterocycles. The van der Waals surface area contributed by atoms with Crippen LogP contribution in [0.4, 0.5) is 0 Å². The summed E-state index contributed by atoms with van der Waals surface area (Å²) in [6.07, 6.45) is 0. The predicted octanol–water partition coefficient (Wildman–Crippen LogP) is 1.67. The van der Waals surface area contributed by atoms with Gasteiger partial charge in [0.1, 0.15) is 8.24 Å². The lowest BCUT2D eigenvalue weighted by molar-refractivity contribution is 0.592. The van der Waals surface area contributed by atoms with Crippen molar-refractivity contribution < 1.29 is 8.42 Å². The minimum atomic E-state index is -3.49. The minimum Gasteiger partial charge on any atom is -0.234 e. The standard InChI is InChI=1S/C10H14N2O2SSi/c1-16(2,3)12-15(13,14)10-6-4-5-9(7-10)8-11/h4-7,12H,1-3H3. The Morgan fingerprint density at radius 3 is 2.44 bits per heavy atom. The monoisotopic (exact) mass is 254 g/mol. The van der Waals surface area contributed by atoms with Crippen molar-refractivity contribution >= 4 is 18.3 Å². The topological polar surface area (TPSA) is 70.0 Å². The lowest BCUT2D eigenvalue weighted by Gasteiger charge is -2.18. The quantitative estimate of drug-likeness (QED) is 0.834. The highest BCUT2D eigenvalue weighted by atomic mass is 32.2. The molecule has 0 aliphatic carbocycles. The van der Waals surface area contributed by atoms with E-state index in [4.69, 9.17) is 5.26 Å². The Morgan fingerprint density at radius 1 is 1.31 bits per heavy atom. The van der Waals surface area contributed by atoms with E-state index in [1.807, 2.05) is 25.7 Å². The van der Waals surface area contributed by atoms with Crippen molar-refractivity contribution in [3.8, 4) is 6.07 Å². The number of hydrogen-bond acceptors (Lipinski definition) is 3. The van der Waals surface area contributed by atoms with E-state index in [0.29, 0.717) is 5.56 Å². The third-order valence-electron chi connectivity index (χ3n) is 1.71. The molecule has 0 bridgehead atoms.